The van der Waals surface area contributed by atoms with Crippen LogP contribution in [0.2, 0.25) is 0 Å². The molecule has 6 nitrogen and oxygen atoms in total. The maximum absolute atomic E-state index is 12.3. The van der Waals surface area contributed by atoms with Crippen LogP contribution in [-0.2, 0) is 9.59 Å². The van der Waals surface area contributed by atoms with Gasteiger partial charge in [0, 0.05) is 17.8 Å². The maximum atomic E-state index is 12.3. The van der Waals surface area contributed by atoms with E-state index in [2.05, 4.69) is 10.6 Å². The molecular weight excluding hydrogens is 296 g/mol. The molecule has 2 atom stereocenters. The molecule has 0 bridgehead atoms. The average molecular weight is 316 g/mol. The summed E-state index contributed by atoms with van der Waals surface area (Å²) in [7, 11) is 0. The molecule has 0 radical (unpaired) electrons. The van der Waals surface area contributed by atoms with E-state index in [1.54, 1.807) is 30.3 Å². The first-order chi connectivity index (χ1) is 11.0. The van der Waals surface area contributed by atoms with Crippen molar-refractivity contribution in [3.05, 3.63) is 42.0 Å². The number of carbonyl (C=O) groups excluding carboxylic acids is 2. The van der Waals surface area contributed by atoms with E-state index < -0.39 is 17.8 Å². The quantitative estimate of drug-likeness (QED) is 0.724. The maximum Gasteiger partial charge on any atom is 0.307 e. The van der Waals surface area contributed by atoms with Gasteiger partial charge in [0.05, 0.1) is 11.8 Å². The van der Waals surface area contributed by atoms with Gasteiger partial charge in [-0.3, -0.25) is 14.4 Å². The summed E-state index contributed by atoms with van der Waals surface area (Å²) in [6.45, 7) is 2.38. The number of hydrogen-bond donors (Lipinski definition) is 3. The molecule has 2 amide bonds. The van der Waals surface area contributed by atoms with Gasteiger partial charge in [-0.1, -0.05) is 12.2 Å². The highest BCUT2D eigenvalue weighted by atomic mass is 16.4. The lowest BCUT2D eigenvalue weighted by molar-refractivity contribution is -0.146. The van der Waals surface area contributed by atoms with Crippen molar-refractivity contribution in [3.63, 3.8) is 0 Å². The molecule has 0 saturated heterocycles. The fourth-order valence-electron chi connectivity index (χ4n) is 2.58. The highest BCUT2D eigenvalue weighted by molar-refractivity contribution is 5.97. The number of benzene rings is 1. The Morgan fingerprint density at radius 3 is 2.26 bits per heavy atom. The number of carbonyl (C=O) groups is 3. The summed E-state index contributed by atoms with van der Waals surface area (Å²) in [6.07, 6.45) is 4.41. The second-order valence-corrected chi connectivity index (χ2v) is 5.42. The summed E-state index contributed by atoms with van der Waals surface area (Å²) in [5.41, 5.74) is 1.05. The van der Waals surface area contributed by atoms with Gasteiger partial charge in [-0.05, 0) is 44.0 Å². The van der Waals surface area contributed by atoms with Crippen molar-refractivity contribution in [2.24, 2.45) is 11.8 Å². The van der Waals surface area contributed by atoms with E-state index in [9.17, 15) is 19.5 Å². The zero-order valence-electron chi connectivity index (χ0n) is 12.9. The summed E-state index contributed by atoms with van der Waals surface area (Å²) < 4.78 is 0. The number of rotatable bonds is 5. The standard InChI is InChI=1S/C17H20N2O4/c1-2-18-15(20)11-7-9-12(10-8-11)19-16(21)13-5-3-4-6-14(13)17(22)23/h3-4,7-10,13-14H,2,5-6H2,1H3,(H,18,20)(H,19,21)(H,22,23)/t13-,14-/m0/s1. The Hall–Kier alpha value is -2.63. The van der Waals surface area contributed by atoms with Gasteiger partial charge in [0.25, 0.3) is 5.91 Å². The molecular formula is C17H20N2O4. The van der Waals surface area contributed by atoms with Crippen molar-refractivity contribution in [1.29, 1.82) is 0 Å². The molecule has 1 aliphatic rings. The van der Waals surface area contributed by atoms with Crippen molar-refractivity contribution >= 4 is 23.5 Å². The highest BCUT2D eigenvalue weighted by Crippen LogP contribution is 2.27. The van der Waals surface area contributed by atoms with E-state index in [0.717, 1.165) is 0 Å². The number of amides is 2. The van der Waals surface area contributed by atoms with E-state index in [-0.39, 0.29) is 11.8 Å². The summed E-state index contributed by atoms with van der Waals surface area (Å²) in [4.78, 5) is 35.2. The molecule has 0 heterocycles. The second-order valence-electron chi connectivity index (χ2n) is 5.42. The first kappa shape index (κ1) is 16.7. The summed E-state index contributed by atoms with van der Waals surface area (Å²) in [5.74, 6) is -2.72. The van der Waals surface area contributed by atoms with Crippen LogP contribution in [-0.4, -0.2) is 29.4 Å². The predicted octanol–water partition coefficient (Wildman–Crippen LogP) is 2.04. The van der Waals surface area contributed by atoms with Crippen LogP contribution in [0.4, 0.5) is 5.69 Å². The van der Waals surface area contributed by atoms with Crippen LogP contribution >= 0.6 is 0 Å². The number of anilines is 1. The first-order valence-electron chi connectivity index (χ1n) is 7.60. The zero-order chi connectivity index (χ0) is 16.8. The molecule has 6 heteroatoms. The minimum atomic E-state index is -0.957. The molecule has 0 saturated carbocycles. The van der Waals surface area contributed by atoms with Gasteiger partial charge in [0.1, 0.15) is 0 Å². The largest absolute Gasteiger partial charge is 0.481 e. The Balaban J connectivity index is 2.03. The summed E-state index contributed by atoms with van der Waals surface area (Å²) >= 11 is 0. The SMILES string of the molecule is CCNC(=O)c1ccc(NC(=O)[C@H]2CC=CC[C@@H]2C(=O)O)cc1. The third-order valence-corrected chi connectivity index (χ3v) is 3.84. The van der Waals surface area contributed by atoms with E-state index >= 15 is 0 Å². The Bertz CT molecular complexity index is 622. The Morgan fingerprint density at radius 1 is 1.09 bits per heavy atom. The normalized spacial score (nSPS) is 19.9. The van der Waals surface area contributed by atoms with Gasteiger partial charge < -0.3 is 15.7 Å². The van der Waals surface area contributed by atoms with Crippen molar-refractivity contribution in [3.8, 4) is 0 Å². The van der Waals surface area contributed by atoms with E-state index in [1.807, 2.05) is 13.0 Å². The minimum absolute atomic E-state index is 0.172. The van der Waals surface area contributed by atoms with E-state index in [0.29, 0.717) is 30.6 Å². The first-order valence-corrected chi connectivity index (χ1v) is 7.60. The fourth-order valence-corrected chi connectivity index (χ4v) is 2.58. The lowest BCUT2D eigenvalue weighted by Crippen LogP contribution is -2.34. The summed E-state index contributed by atoms with van der Waals surface area (Å²) in [6, 6.07) is 6.51. The van der Waals surface area contributed by atoms with Crippen LogP contribution in [0.25, 0.3) is 0 Å². The van der Waals surface area contributed by atoms with E-state index in [4.69, 9.17) is 0 Å². The van der Waals surface area contributed by atoms with Crippen LogP contribution in [0.3, 0.4) is 0 Å². The van der Waals surface area contributed by atoms with Crippen LogP contribution in [0.1, 0.15) is 30.1 Å². The predicted molar refractivity (Wildman–Crippen MR) is 86.1 cm³/mol. The van der Waals surface area contributed by atoms with Crippen molar-refractivity contribution < 1.29 is 19.5 Å². The molecule has 1 aromatic carbocycles. The van der Waals surface area contributed by atoms with Gasteiger partial charge in [-0.15, -0.1) is 0 Å². The molecule has 0 aliphatic heterocycles. The van der Waals surface area contributed by atoms with Gasteiger partial charge in [0.2, 0.25) is 5.91 Å². The van der Waals surface area contributed by atoms with Gasteiger partial charge >= 0.3 is 5.97 Å². The van der Waals surface area contributed by atoms with Crippen molar-refractivity contribution in [2.45, 2.75) is 19.8 Å². The number of carboxylic acid groups (broad SMARTS) is 1. The molecule has 1 aromatic rings. The molecule has 1 aliphatic carbocycles. The Labute approximate surface area is 134 Å². The second kappa shape index (κ2) is 7.58. The molecule has 2 rings (SSSR count). The number of nitrogens with one attached hydrogen (secondary N) is 2. The lowest BCUT2D eigenvalue weighted by atomic mass is 9.82. The molecule has 0 spiro atoms. The lowest BCUT2D eigenvalue weighted by Gasteiger charge is -2.24. The third-order valence-electron chi connectivity index (χ3n) is 3.84. The van der Waals surface area contributed by atoms with Crippen LogP contribution < -0.4 is 10.6 Å². The fraction of sp³-hybridized carbons (Fsp3) is 0.353. The average Bonchev–Trinajstić information content (AvgIpc) is 2.55. The van der Waals surface area contributed by atoms with Crippen LogP contribution in [0.5, 0.6) is 0 Å². The Kier molecular flexibility index (Phi) is 5.51. The molecule has 0 fully saturated rings. The van der Waals surface area contributed by atoms with Gasteiger partial charge in [-0.25, -0.2) is 0 Å². The van der Waals surface area contributed by atoms with Gasteiger partial charge in [0.15, 0.2) is 0 Å². The molecule has 0 aromatic heterocycles. The molecule has 0 unspecified atom stereocenters. The molecule has 122 valence electrons. The summed E-state index contributed by atoms with van der Waals surface area (Å²) in [5, 5.41) is 14.6. The van der Waals surface area contributed by atoms with Crippen LogP contribution in [0, 0.1) is 11.8 Å². The van der Waals surface area contributed by atoms with Crippen molar-refractivity contribution in [1.82, 2.24) is 5.32 Å². The minimum Gasteiger partial charge on any atom is -0.481 e. The van der Waals surface area contributed by atoms with E-state index in [1.165, 1.54) is 0 Å². The van der Waals surface area contributed by atoms with Crippen LogP contribution in [0.15, 0.2) is 36.4 Å². The number of allylic oxidation sites excluding steroid dienone is 2. The molecule has 23 heavy (non-hydrogen) atoms. The smallest absolute Gasteiger partial charge is 0.307 e. The third kappa shape index (κ3) is 4.18. The number of carboxylic acids is 1. The monoisotopic (exact) mass is 316 g/mol. The van der Waals surface area contributed by atoms with Crippen molar-refractivity contribution in [2.75, 3.05) is 11.9 Å². The van der Waals surface area contributed by atoms with Gasteiger partial charge in [-0.2, -0.15) is 0 Å². The number of hydrogen-bond acceptors (Lipinski definition) is 3. The zero-order valence-corrected chi connectivity index (χ0v) is 12.9. The highest BCUT2D eigenvalue weighted by Gasteiger charge is 2.33. The topological polar surface area (TPSA) is 95.5 Å². The number of aliphatic carboxylic acids is 1. The molecule has 3 N–H and O–H groups in total. The Morgan fingerprint density at radius 2 is 1.70 bits per heavy atom.